The van der Waals surface area contributed by atoms with Crippen LogP contribution in [-0.2, 0) is 24.1 Å². The van der Waals surface area contributed by atoms with Gasteiger partial charge in [0.2, 0.25) is 0 Å². The van der Waals surface area contributed by atoms with E-state index in [2.05, 4.69) is 0 Å². The molecule has 0 bridgehead atoms. The summed E-state index contributed by atoms with van der Waals surface area (Å²) in [6, 6.07) is 2.81. The van der Waals surface area contributed by atoms with Crippen molar-refractivity contribution >= 4 is 22.8 Å². The van der Waals surface area contributed by atoms with Gasteiger partial charge in [-0.25, -0.2) is 0 Å². The van der Waals surface area contributed by atoms with E-state index in [0.29, 0.717) is 12.1 Å². The molecule has 1 aromatic rings. The lowest BCUT2D eigenvalue weighted by molar-refractivity contribution is 0.108. The van der Waals surface area contributed by atoms with Crippen molar-refractivity contribution in [3.63, 3.8) is 0 Å². The minimum Gasteiger partial charge on any atom is -0.373 e. The van der Waals surface area contributed by atoms with Gasteiger partial charge in [0.15, 0.2) is 5.34 Å². The number of rotatable bonds is 5. The summed E-state index contributed by atoms with van der Waals surface area (Å²) in [5, 5.41) is 13.2. The van der Waals surface area contributed by atoms with Crippen molar-refractivity contribution in [1.82, 2.24) is 0 Å². The van der Waals surface area contributed by atoms with Gasteiger partial charge in [0.25, 0.3) is 5.08 Å². The lowest BCUT2D eigenvalue weighted by Gasteiger charge is -2.30. The Morgan fingerprint density at radius 1 is 0.696 bits per heavy atom. The third kappa shape index (κ3) is 3.51. The Morgan fingerprint density at radius 3 is 1.26 bits per heavy atom. The van der Waals surface area contributed by atoms with Crippen LogP contribution in [0.15, 0.2) is 24.3 Å². The number of benzene rings is 1. The second-order valence-corrected chi connectivity index (χ2v) is 10.6. The summed E-state index contributed by atoms with van der Waals surface area (Å²) in [7, 11) is -16.5. The van der Waals surface area contributed by atoms with Crippen LogP contribution in [0.5, 0.6) is 0 Å². The molecule has 0 aromatic heterocycles. The third-order valence-corrected chi connectivity index (χ3v) is 8.30. The smallest absolute Gasteiger partial charge is 0.373 e. The Hall–Kier alpha value is -0.410. The highest BCUT2D eigenvalue weighted by molar-refractivity contribution is 7.71. The predicted molar refractivity (Wildman–Crippen MR) is 76.0 cm³/mol. The van der Waals surface area contributed by atoms with Crippen LogP contribution in [0.4, 0.5) is 0 Å². The fourth-order valence-electron chi connectivity index (χ4n) is 1.68. The lowest BCUT2D eigenvalue weighted by Crippen LogP contribution is -2.26. The van der Waals surface area contributed by atoms with E-state index in [1.807, 2.05) is 0 Å². The quantitative estimate of drug-likeness (QED) is 0.299. The zero-order valence-electron chi connectivity index (χ0n) is 11.5. The largest absolute Gasteiger partial charge is 0.374 e. The molecule has 8 N–H and O–H groups in total. The highest BCUT2D eigenvalue weighted by Gasteiger charge is 2.60. The maximum absolute atomic E-state index is 11.3. The molecule has 0 saturated heterocycles. The van der Waals surface area contributed by atoms with Crippen molar-refractivity contribution in [1.29, 1.82) is 0 Å². The summed E-state index contributed by atoms with van der Waals surface area (Å²) >= 11 is 0. The molecule has 1 rings (SSSR count). The van der Waals surface area contributed by atoms with Gasteiger partial charge in [-0.1, -0.05) is 24.3 Å². The molecule has 0 aliphatic carbocycles. The average molecular weight is 392 g/mol. The first-order valence-electron chi connectivity index (χ1n) is 5.69. The van der Waals surface area contributed by atoms with Crippen LogP contribution < -0.4 is 0 Å². The molecule has 0 aliphatic rings. The first kappa shape index (κ1) is 20.6. The molecule has 0 fully saturated rings. The molecular weight excluding hydrogens is 377 g/mol. The Morgan fingerprint density at radius 2 is 1.00 bits per heavy atom. The van der Waals surface area contributed by atoms with E-state index in [1.165, 1.54) is 0 Å². The van der Waals surface area contributed by atoms with Gasteiger partial charge >= 0.3 is 22.8 Å². The highest BCUT2D eigenvalue weighted by Crippen LogP contribution is 2.72. The summed E-state index contributed by atoms with van der Waals surface area (Å²) in [6.45, 7) is 0.779. The van der Waals surface area contributed by atoms with Gasteiger partial charge in [-0.3, -0.25) is 13.7 Å². The molecule has 23 heavy (non-hydrogen) atoms. The Labute approximate surface area is 129 Å². The van der Waals surface area contributed by atoms with Crippen molar-refractivity contribution in [2.45, 2.75) is 17.3 Å². The van der Waals surface area contributed by atoms with Crippen molar-refractivity contribution in [2.24, 2.45) is 0 Å². The second kappa shape index (κ2) is 5.84. The van der Waals surface area contributed by atoms with Gasteiger partial charge in [-0.05, 0) is 12.5 Å². The van der Waals surface area contributed by atoms with E-state index in [-0.39, 0.29) is 0 Å². The zero-order chi connectivity index (χ0) is 18.5. The minimum atomic E-state index is -5.74. The van der Waals surface area contributed by atoms with Crippen LogP contribution in [0.1, 0.15) is 18.1 Å². The van der Waals surface area contributed by atoms with Crippen molar-refractivity contribution in [2.75, 3.05) is 0 Å². The summed E-state index contributed by atoms with van der Waals surface area (Å²) in [5.41, 5.74) is -1.28. The van der Waals surface area contributed by atoms with Gasteiger partial charge in [-0.2, -0.15) is 0 Å². The normalized spacial score (nSPS) is 16.9. The molecule has 1 atom stereocenters. The fourth-order valence-corrected chi connectivity index (χ4v) is 4.50. The maximum atomic E-state index is 11.3. The first-order chi connectivity index (χ1) is 9.96. The van der Waals surface area contributed by atoms with Gasteiger partial charge in [0, 0.05) is 5.56 Å². The fraction of sp³-hybridized carbons (Fsp3) is 0.333. The molecule has 0 radical (unpaired) electrons. The van der Waals surface area contributed by atoms with E-state index in [4.69, 9.17) is 29.4 Å². The monoisotopic (exact) mass is 392 g/mol. The highest BCUT2D eigenvalue weighted by atomic mass is 31.2. The first-order valence-corrected chi connectivity index (χ1v) is 10.5. The molecule has 0 heterocycles. The molecule has 0 aliphatic heterocycles. The summed E-state index contributed by atoms with van der Waals surface area (Å²) in [4.78, 5) is 54.4. The maximum Gasteiger partial charge on any atom is 0.374 e. The van der Waals surface area contributed by atoms with E-state index >= 15 is 0 Å². The molecule has 11 nitrogen and oxygen atoms in total. The van der Waals surface area contributed by atoms with E-state index in [9.17, 15) is 23.9 Å². The topological polar surface area (TPSA) is 213 Å². The molecule has 14 heteroatoms. The van der Waals surface area contributed by atoms with Crippen molar-refractivity contribution in [3.8, 4) is 0 Å². The van der Waals surface area contributed by atoms with Crippen LogP contribution in [0.3, 0.4) is 0 Å². The van der Waals surface area contributed by atoms with E-state index in [0.717, 1.165) is 19.1 Å². The Kier molecular flexibility index (Phi) is 5.24. The van der Waals surface area contributed by atoms with Crippen molar-refractivity contribution in [3.05, 3.63) is 35.4 Å². The standard InChI is InChI=1S/C9H15O11P3/c1-8(10,21(12,13)14)6-2-4-7(5-3-6)9(11,22(15,16)17)23(18,19)20/h2-5,10-11H,1H3,(H2,12,13,14)(H2,15,16,17)(H2,18,19,20). The molecule has 0 spiro atoms. The lowest BCUT2D eigenvalue weighted by atomic mass is 10.1. The number of hydrogen-bond donors (Lipinski definition) is 8. The molecule has 0 saturated carbocycles. The summed E-state index contributed by atoms with van der Waals surface area (Å²) < 4.78 is 33.8. The molecule has 1 aromatic carbocycles. The Balaban J connectivity index is 3.52. The van der Waals surface area contributed by atoms with Gasteiger partial charge in [0.1, 0.15) is 0 Å². The molecule has 0 amide bonds. The van der Waals surface area contributed by atoms with Crippen molar-refractivity contribution < 1.29 is 53.3 Å². The number of hydrogen-bond acceptors (Lipinski definition) is 5. The van der Waals surface area contributed by atoms with Gasteiger partial charge in [0.05, 0.1) is 0 Å². The van der Waals surface area contributed by atoms with Crippen LogP contribution in [0, 0.1) is 0 Å². The van der Waals surface area contributed by atoms with Crippen LogP contribution in [0.2, 0.25) is 0 Å². The van der Waals surface area contributed by atoms with Crippen LogP contribution in [0.25, 0.3) is 0 Å². The average Bonchev–Trinajstić information content (AvgIpc) is 2.33. The third-order valence-electron chi connectivity index (χ3n) is 3.20. The Bertz CT molecular complexity index is 700. The van der Waals surface area contributed by atoms with E-state index < -0.39 is 44.3 Å². The predicted octanol–water partition coefficient (Wildman–Crippen LogP) is -0.513. The summed E-state index contributed by atoms with van der Waals surface area (Å²) in [5.74, 6) is 0. The summed E-state index contributed by atoms with van der Waals surface area (Å²) in [6.07, 6.45) is 0. The molecular formula is C9H15O11P3. The molecule has 132 valence electrons. The number of aliphatic hydroxyl groups is 2. The second-order valence-electron chi connectivity index (χ2n) is 4.87. The van der Waals surface area contributed by atoms with Crippen LogP contribution in [-0.4, -0.2) is 39.6 Å². The minimum absolute atomic E-state index is 0.395. The van der Waals surface area contributed by atoms with Gasteiger partial charge < -0.3 is 39.6 Å². The zero-order valence-corrected chi connectivity index (χ0v) is 14.1. The SMILES string of the molecule is CC(O)(c1ccc(C(O)(P(=O)(O)O)P(=O)(O)O)cc1)P(=O)(O)O. The van der Waals surface area contributed by atoms with Crippen LogP contribution >= 0.6 is 22.8 Å². The van der Waals surface area contributed by atoms with Gasteiger partial charge in [-0.15, -0.1) is 0 Å². The van der Waals surface area contributed by atoms with E-state index in [1.54, 1.807) is 0 Å². The molecule has 1 unspecified atom stereocenters.